The highest BCUT2D eigenvalue weighted by Crippen LogP contribution is 2.23. The van der Waals surface area contributed by atoms with Crippen LogP contribution in [0.3, 0.4) is 0 Å². The summed E-state index contributed by atoms with van der Waals surface area (Å²) >= 11 is 0. The molecule has 0 aromatic heterocycles. The number of piperidine rings is 2. The molecule has 0 spiro atoms. The molecule has 0 aliphatic carbocycles. The summed E-state index contributed by atoms with van der Waals surface area (Å²) in [7, 11) is 0. The first-order valence-corrected chi connectivity index (χ1v) is 8.35. The Morgan fingerprint density at radius 2 is 1.76 bits per heavy atom. The molecular weight excluding hydrogens is 268 g/mol. The molecule has 1 amide bonds. The molecule has 0 bridgehead atoms. The highest BCUT2D eigenvalue weighted by molar-refractivity contribution is 5.76. The summed E-state index contributed by atoms with van der Waals surface area (Å²) in [6, 6.07) is 0. The Balaban J connectivity index is 1.69. The van der Waals surface area contributed by atoms with E-state index in [-0.39, 0.29) is 12.3 Å². The van der Waals surface area contributed by atoms with Crippen LogP contribution in [0.5, 0.6) is 0 Å². The third-order valence-corrected chi connectivity index (χ3v) is 4.86. The van der Waals surface area contributed by atoms with Crippen LogP contribution in [0.25, 0.3) is 0 Å². The maximum Gasteiger partial charge on any atom is 0.303 e. The minimum absolute atomic E-state index is 0.224. The van der Waals surface area contributed by atoms with E-state index in [0.717, 1.165) is 45.4 Å². The number of carbonyl (C=O) groups is 2. The predicted molar refractivity (Wildman–Crippen MR) is 81.0 cm³/mol. The molecular formula is C16H28N2O3. The van der Waals surface area contributed by atoms with Crippen LogP contribution in [-0.4, -0.2) is 48.1 Å². The molecule has 0 aromatic carbocycles. The first kappa shape index (κ1) is 16.3. The van der Waals surface area contributed by atoms with E-state index in [1.165, 1.54) is 12.8 Å². The third-order valence-electron chi connectivity index (χ3n) is 4.86. The highest BCUT2D eigenvalue weighted by Gasteiger charge is 2.24. The van der Waals surface area contributed by atoms with Crippen LogP contribution in [0, 0.1) is 11.8 Å². The molecule has 5 heteroatoms. The molecule has 0 radical (unpaired) electrons. The first-order valence-electron chi connectivity index (χ1n) is 8.35. The Morgan fingerprint density at radius 3 is 2.48 bits per heavy atom. The van der Waals surface area contributed by atoms with Gasteiger partial charge in [0.05, 0.1) is 0 Å². The van der Waals surface area contributed by atoms with E-state index in [1.54, 1.807) is 0 Å². The molecule has 2 N–H and O–H groups in total. The number of nitrogens with one attached hydrogen (secondary N) is 1. The van der Waals surface area contributed by atoms with Crippen molar-refractivity contribution < 1.29 is 14.7 Å². The maximum atomic E-state index is 12.3. The summed E-state index contributed by atoms with van der Waals surface area (Å²) in [6.07, 6.45) is 7.06. The molecule has 5 nitrogen and oxygen atoms in total. The number of likely N-dealkylation sites (tertiary alicyclic amines) is 1. The fraction of sp³-hybridized carbons (Fsp3) is 0.875. The van der Waals surface area contributed by atoms with Gasteiger partial charge in [-0.1, -0.05) is 0 Å². The molecule has 2 aliphatic rings. The van der Waals surface area contributed by atoms with Crippen LogP contribution in [0.15, 0.2) is 0 Å². The average molecular weight is 296 g/mol. The van der Waals surface area contributed by atoms with E-state index in [0.29, 0.717) is 24.7 Å². The highest BCUT2D eigenvalue weighted by atomic mass is 16.4. The second kappa shape index (κ2) is 8.37. The van der Waals surface area contributed by atoms with Crippen molar-refractivity contribution in [2.75, 3.05) is 26.2 Å². The van der Waals surface area contributed by atoms with Crippen LogP contribution in [0.4, 0.5) is 0 Å². The zero-order valence-electron chi connectivity index (χ0n) is 12.9. The van der Waals surface area contributed by atoms with Crippen molar-refractivity contribution in [3.8, 4) is 0 Å². The van der Waals surface area contributed by atoms with E-state index in [9.17, 15) is 9.59 Å². The fourth-order valence-corrected chi connectivity index (χ4v) is 3.51. The van der Waals surface area contributed by atoms with Crippen molar-refractivity contribution in [3.63, 3.8) is 0 Å². The first-order chi connectivity index (χ1) is 10.1. The molecule has 0 aromatic rings. The smallest absolute Gasteiger partial charge is 0.303 e. The molecule has 120 valence electrons. The zero-order valence-corrected chi connectivity index (χ0v) is 12.9. The van der Waals surface area contributed by atoms with Crippen molar-refractivity contribution in [3.05, 3.63) is 0 Å². The monoisotopic (exact) mass is 296 g/mol. The molecule has 2 rings (SSSR count). The zero-order chi connectivity index (χ0) is 15.1. The molecule has 1 unspecified atom stereocenters. The van der Waals surface area contributed by atoms with Gasteiger partial charge in [0.15, 0.2) is 0 Å². The van der Waals surface area contributed by atoms with Gasteiger partial charge in [-0.2, -0.15) is 0 Å². The Labute approximate surface area is 127 Å². The van der Waals surface area contributed by atoms with Gasteiger partial charge in [0.2, 0.25) is 5.91 Å². The normalized spacial score (nSPS) is 24.0. The molecule has 2 saturated heterocycles. The van der Waals surface area contributed by atoms with Crippen molar-refractivity contribution in [1.82, 2.24) is 10.2 Å². The second-order valence-corrected chi connectivity index (χ2v) is 6.51. The maximum absolute atomic E-state index is 12.3. The minimum atomic E-state index is -0.732. The standard InChI is InChI=1S/C16H28N2O3/c19-15(5-3-13-7-9-17-10-8-13)18-11-1-2-14(12-18)4-6-16(20)21/h13-14,17H,1-12H2,(H,20,21). The van der Waals surface area contributed by atoms with Gasteiger partial charge >= 0.3 is 5.97 Å². The summed E-state index contributed by atoms with van der Waals surface area (Å²) in [5.74, 6) is 0.610. The third kappa shape index (κ3) is 5.65. The van der Waals surface area contributed by atoms with Crippen LogP contribution in [-0.2, 0) is 9.59 Å². The lowest BCUT2D eigenvalue weighted by Crippen LogP contribution is -2.40. The number of carboxylic acid groups (broad SMARTS) is 1. The van der Waals surface area contributed by atoms with Crippen LogP contribution >= 0.6 is 0 Å². The number of hydrogen-bond acceptors (Lipinski definition) is 3. The lowest BCUT2D eigenvalue weighted by atomic mass is 9.91. The largest absolute Gasteiger partial charge is 0.481 e. The van der Waals surface area contributed by atoms with Crippen molar-refractivity contribution >= 4 is 11.9 Å². The molecule has 2 aliphatic heterocycles. The number of amides is 1. The van der Waals surface area contributed by atoms with Crippen LogP contribution in [0.2, 0.25) is 0 Å². The average Bonchev–Trinajstić information content (AvgIpc) is 2.52. The Kier molecular flexibility index (Phi) is 6.49. The predicted octanol–water partition coefficient (Wildman–Crippen LogP) is 1.87. The number of hydrogen-bond donors (Lipinski definition) is 2. The minimum Gasteiger partial charge on any atom is -0.481 e. The number of carbonyl (C=O) groups excluding carboxylic acids is 1. The molecule has 0 saturated carbocycles. The van der Waals surface area contributed by atoms with Crippen LogP contribution < -0.4 is 5.32 Å². The van der Waals surface area contributed by atoms with E-state index in [4.69, 9.17) is 5.11 Å². The van der Waals surface area contributed by atoms with Crippen molar-refractivity contribution in [2.24, 2.45) is 11.8 Å². The van der Waals surface area contributed by atoms with Gasteiger partial charge in [0, 0.05) is 25.9 Å². The van der Waals surface area contributed by atoms with E-state index >= 15 is 0 Å². The van der Waals surface area contributed by atoms with Gasteiger partial charge in [-0.15, -0.1) is 0 Å². The van der Waals surface area contributed by atoms with Gasteiger partial charge in [-0.05, 0) is 63.5 Å². The SMILES string of the molecule is O=C(O)CCC1CCCN(C(=O)CCC2CCNCC2)C1. The summed E-state index contributed by atoms with van der Waals surface area (Å²) in [5.41, 5.74) is 0. The Morgan fingerprint density at radius 1 is 1.05 bits per heavy atom. The van der Waals surface area contributed by atoms with Gasteiger partial charge in [-0.25, -0.2) is 0 Å². The van der Waals surface area contributed by atoms with E-state index in [2.05, 4.69) is 5.32 Å². The summed E-state index contributed by atoms with van der Waals surface area (Å²) < 4.78 is 0. The topological polar surface area (TPSA) is 69.6 Å². The van der Waals surface area contributed by atoms with Gasteiger partial charge in [0.1, 0.15) is 0 Å². The Bertz CT molecular complexity index is 353. The fourth-order valence-electron chi connectivity index (χ4n) is 3.51. The van der Waals surface area contributed by atoms with Crippen LogP contribution in [0.1, 0.15) is 51.4 Å². The molecule has 1 atom stereocenters. The van der Waals surface area contributed by atoms with Gasteiger partial charge < -0.3 is 15.3 Å². The summed E-state index contributed by atoms with van der Waals surface area (Å²) in [5, 5.41) is 12.1. The Hall–Kier alpha value is -1.10. The molecule has 2 fully saturated rings. The number of aliphatic carboxylic acids is 1. The summed E-state index contributed by atoms with van der Waals surface area (Å²) in [6.45, 7) is 3.78. The lowest BCUT2D eigenvalue weighted by molar-refractivity contribution is -0.137. The van der Waals surface area contributed by atoms with Gasteiger partial charge in [-0.3, -0.25) is 9.59 Å². The number of rotatable bonds is 6. The van der Waals surface area contributed by atoms with Crippen molar-refractivity contribution in [2.45, 2.75) is 51.4 Å². The second-order valence-electron chi connectivity index (χ2n) is 6.51. The van der Waals surface area contributed by atoms with E-state index < -0.39 is 5.97 Å². The quantitative estimate of drug-likeness (QED) is 0.785. The number of carboxylic acids is 1. The summed E-state index contributed by atoms with van der Waals surface area (Å²) in [4.78, 5) is 24.9. The van der Waals surface area contributed by atoms with Gasteiger partial charge in [0.25, 0.3) is 0 Å². The lowest BCUT2D eigenvalue weighted by Gasteiger charge is -2.33. The van der Waals surface area contributed by atoms with Crippen molar-refractivity contribution in [1.29, 1.82) is 0 Å². The number of nitrogens with zero attached hydrogens (tertiary/aromatic N) is 1. The van der Waals surface area contributed by atoms with E-state index in [1.807, 2.05) is 4.90 Å². The molecule has 2 heterocycles. The molecule has 21 heavy (non-hydrogen) atoms.